The summed E-state index contributed by atoms with van der Waals surface area (Å²) in [6, 6.07) is 0. The van der Waals surface area contributed by atoms with Gasteiger partial charge >= 0.3 is 15.9 Å². The van der Waals surface area contributed by atoms with E-state index in [4.69, 9.17) is 7.58 Å². The second kappa shape index (κ2) is 5.88. The third kappa shape index (κ3) is 2.84. The molecule has 0 bridgehead atoms. The van der Waals surface area contributed by atoms with Gasteiger partial charge in [-0.2, -0.15) is 0 Å². The number of hydrogen-bond donors (Lipinski definition) is 0. The van der Waals surface area contributed by atoms with E-state index < -0.39 is 15.9 Å². The van der Waals surface area contributed by atoms with Gasteiger partial charge in [0.05, 0.1) is 11.8 Å². The molecule has 3 atom stereocenters. The highest BCUT2D eigenvalue weighted by Gasteiger charge is 2.45. The molecule has 1 aliphatic carbocycles. The SMILES string of the molecule is CCCCC1CCCC2C(=O)[O][Al][O]C(=O)C12. The molecule has 17 heavy (non-hydrogen) atoms. The number of carbonyl (C=O) groups is 2. The second-order valence-electron chi connectivity index (χ2n) is 4.94. The van der Waals surface area contributed by atoms with Crippen LogP contribution < -0.4 is 0 Å². The van der Waals surface area contributed by atoms with E-state index in [0.717, 1.165) is 38.5 Å². The summed E-state index contributed by atoms with van der Waals surface area (Å²) in [5.74, 6) is -0.578. The Morgan fingerprint density at radius 2 is 2.00 bits per heavy atom. The van der Waals surface area contributed by atoms with Crippen molar-refractivity contribution in [2.45, 2.75) is 45.4 Å². The standard InChI is InChI=1S/C12H20O4.Al/c1-2-3-5-8-6-4-7-9(11(13)14)10(8)12(15)16;/h8-10H,2-7H2,1H3,(H,13,14)(H,15,16);/q;+2/p-2. The first kappa shape index (κ1) is 12.9. The van der Waals surface area contributed by atoms with Crippen molar-refractivity contribution in [2.75, 3.05) is 0 Å². The quantitative estimate of drug-likeness (QED) is 0.720. The van der Waals surface area contributed by atoms with Crippen LogP contribution in [-0.2, 0) is 17.2 Å². The lowest BCUT2D eigenvalue weighted by atomic mass is 9.70. The molecule has 1 radical (unpaired) electrons. The zero-order valence-electron chi connectivity index (χ0n) is 10.2. The van der Waals surface area contributed by atoms with Gasteiger partial charge in [0.2, 0.25) is 0 Å². The van der Waals surface area contributed by atoms with Crippen LogP contribution in [0.15, 0.2) is 0 Å². The van der Waals surface area contributed by atoms with Gasteiger partial charge in [0.1, 0.15) is 0 Å². The maximum Gasteiger partial charge on any atom is 0.885 e. The van der Waals surface area contributed by atoms with Gasteiger partial charge in [-0.15, -0.1) is 0 Å². The third-order valence-electron chi connectivity index (χ3n) is 3.86. The van der Waals surface area contributed by atoms with Crippen molar-refractivity contribution in [3.8, 4) is 0 Å². The summed E-state index contributed by atoms with van der Waals surface area (Å²) in [6.07, 6.45) is 6.10. The maximum atomic E-state index is 11.9. The Bertz CT molecular complexity index is 305. The number of rotatable bonds is 3. The molecule has 1 aliphatic heterocycles. The molecule has 93 valence electrons. The Balaban J connectivity index is 2.13. The Labute approximate surface area is 108 Å². The zero-order chi connectivity index (χ0) is 12.3. The molecule has 0 amide bonds. The molecule has 5 heteroatoms. The van der Waals surface area contributed by atoms with Crippen LogP contribution in [0.4, 0.5) is 0 Å². The van der Waals surface area contributed by atoms with Crippen LogP contribution in [0.1, 0.15) is 45.4 Å². The van der Waals surface area contributed by atoms with E-state index in [1.165, 1.54) is 0 Å². The highest BCUT2D eigenvalue weighted by molar-refractivity contribution is 6.27. The summed E-state index contributed by atoms with van der Waals surface area (Å²) in [7, 11) is 0. The van der Waals surface area contributed by atoms with Crippen molar-refractivity contribution in [3.63, 3.8) is 0 Å². The monoisotopic (exact) mass is 253 g/mol. The summed E-state index contributed by atoms with van der Waals surface area (Å²) in [5, 5.41) is 0. The molecule has 0 aromatic carbocycles. The molecule has 4 nitrogen and oxygen atoms in total. The van der Waals surface area contributed by atoms with Gasteiger partial charge in [-0.3, -0.25) is 9.59 Å². The molecule has 0 aromatic rings. The maximum absolute atomic E-state index is 11.9. The molecule has 2 aliphatic rings. The van der Waals surface area contributed by atoms with Crippen LogP contribution in [0, 0.1) is 17.8 Å². The van der Waals surface area contributed by atoms with Gasteiger partial charge in [0.15, 0.2) is 0 Å². The summed E-state index contributed by atoms with van der Waals surface area (Å²) in [4.78, 5) is 23.7. The van der Waals surface area contributed by atoms with E-state index in [-0.39, 0.29) is 23.8 Å². The fraction of sp³-hybridized carbons (Fsp3) is 0.833. The Kier molecular flexibility index (Phi) is 4.47. The van der Waals surface area contributed by atoms with Gasteiger partial charge in [0, 0.05) is 0 Å². The number of unbranched alkanes of at least 4 members (excludes halogenated alkanes) is 1. The topological polar surface area (TPSA) is 52.6 Å². The highest BCUT2D eigenvalue weighted by atomic mass is 27.2. The Morgan fingerprint density at radius 3 is 2.76 bits per heavy atom. The Hall–Kier alpha value is -0.528. The van der Waals surface area contributed by atoms with E-state index >= 15 is 0 Å². The van der Waals surface area contributed by atoms with Crippen molar-refractivity contribution in [1.29, 1.82) is 0 Å². The predicted molar refractivity (Wildman–Crippen MR) is 61.8 cm³/mol. The minimum Gasteiger partial charge on any atom is -0.589 e. The molecule has 2 rings (SSSR count). The van der Waals surface area contributed by atoms with Crippen LogP contribution in [0.2, 0.25) is 0 Å². The van der Waals surface area contributed by atoms with Gasteiger partial charge in [-0.25, -0.2) is 0 Å². The minimum atomic E-state index is -0.931. The second-order valence-corrected chi connectivity index (χ2v) is 5.60. The minimum absolute atomic E-state index is 0.198. The third-order valence-corrected chi connectivity index (χ3v) is 4.52. The fourth-order valence-electron chi connectivity index (χ4n) is 2.98. The molecule has 1 saturated carbocycles. The first-order valence-corrected chi connectivity index (χ1v) is 7.41. The van der Waals surface area contributed by atoms with Crippen molar-refractivity contribution in [3.05, 3.63) is 0 Å². The summed E-state index contributed by atoms with van der Waals surface area (Å²) < 4.78 is 10.1. The van der Waals surface area contributed by atoms with Crippen LogP contribution in [0.25, 0.3) is 0 Å². The number of carbonyl (C=O) groups excluding carboxylic acids is 2. The fourth-order valence-corrected chi connectivity index (χ4v) is 3.55. The van der Waals surface area contributed by atoms with E-state index in [1.54, 1.807) is 0 Å². The summed E-state index contributed by atoms with van der Waals surface area (Å²) in [5.41, 5.74) is 0. The largest absolute Gasteiger partial charge is 0.885 e. The molecule has 0 N–H and O–H groups in total. The molecular weight excluding hydrogens is 235 g/mol. The first-order valence-electron chi connectivity index (χ1n) is 6.46. The molecule has 3 unspecified atom stereocenters. The highest BCUT2D eigenvalue weighted by Crippen LogP contribution is 2.40. The molecule has 0 aromatic heterocycles. The molecule has 0 spiro atoms. The van der Waals surface area contributed by atoms with Crippen molar-refractivity contribution in [2.24, 2.45) is 17.8 Å². The lowest BCUT2D eigenvalue weighted by Gasteiger charge is -2.34. The van der Waals surface area contributed by atoms with Crippen LogP contribution in [0.5, 0.6) is 0 Å². The van der Waals surface area contributed by atoms with Crippen LogP contribution >= 0.6 is 0 Å². The van der Waals surface area contributed by atoms with Gasteiger partial charge < -0.3 is 7.58 Å². The number of hydrogen-bond acceptors (Lipinski definition) is 4. The average molecular weight is 253 g/mol. The van der Waals surface area contributed by atoms with Crippen molar-refractivity contribution >= 4 is 27.8 Å². The summed E-state index contributed by atoms with van der Waals surface area (Å²) in [6.45, 7) is 2.14. The Morgan fingerprint density at radius 1 is 1.24 bits per heavy atom. The van der Waals surface area contributed by atoms with Gasteiger partial charge in [-0.1, -0.05) is 26.2 Å². The molecule has 1 heterocycles. The molecule has 1 saturated heterocycles. The van der Waals surface area contributed by atoms with Gasteiger partial charge in [-0.05, 0) is 25.2 Å². The van der Waals surface area contributed by atoms with E-state index in [1.807, 2.05) is 0 Å². The van der Waals surface area contributed by atoms with Gasteiger partial charge in [0.25, 0.3) is 11.9 Å². The molecule has 2 fully saturated rings. The average Bonchev–Trinajstić information content (AvgIpc) is 2.48. The summed E-state index contributed by atoms with van der Waals surface area (Å²) >= 11 is -0.931. The van der Waals surface area contributed by atoms with E-state index in [0.29, 0.717) is 5.92 Å². The smallest absolute Gasteiger partial charge is 0.589 e. The molecular formula is C12H18AlO4. The van der Waals surface area contributed by atoms with E-state index in [2.05, 4.69) is 6.92 Å². The van der Waals surface area contributed by atoms with Crippen molar-refractivity contribution < 1.29 is 17.2 Å². The first-order chi connectivity index (χ1) is 8.24. The normalized spacial score (nSPS) is 32.9. The number of fused-ring (bicyclic) bond motifs is 1. The van der Waals surface area contributed by atoms with Crippen molar-refractivity contribution in [1.82, 2.24) is 0 Å². The zero-order valence-corrected chi connectivity index (χ0v) is 11.3. The van der Waals surface area contributed by atoms with E-state index in [9.17, 15) is 9.59 Å². The lowest BCUT2D eigenvalue weighted by Crippen LogP contribution is -2.37. The van der Waals surface area contributed by atoms with Crippen LogP contribution in [0.3, 0.4) is 0 Å². The lowest BCUT2D eigenvalue weighted by molar-refractivity contribution is -0.149. The van der Waals surface area contributed by atoms with Crippen LogP contribution in [-0.4, -0.2) is 27.8 Å². The predicted octanol–water partition coefficient (Wildman–Crippen LogP) is 1.84.